The van der Waals surface area contributed by atoms with Crippen LogP contribution in [0.3, 0.4) is 0 Å². The predicted molar refractivity (Wildman–Crippen MR) is 383 cm³/mol. The van der Waals surface area contributed by atoms with Crippen molar-refractivity contribution in [1.82, 2.24) is 60.5 Å². The molecule has 101 heavy (non-hydrogen) atoms. The summed E-state index contributed by atoms with van der Waals surface area (Å²) in [6.07, 6.45) is -4.16. The van der Waals surface area contributed by atoms with Crippen molar-refractivity contribution in [3.05, 3.63) is 104 Å². The van der Waals surface area contributed by atoms with Gasteiger partial charge in [0.05, 0.1) is 31.6 Å². The molecule has 2 saturated heterocycles. The average Bonchev–Trinajstić information content (AvgIpc) is 0.804. The van der Waals surface area contributed by atoms with E-state index in [0.29, 0.717) is 43.5 Å². The van der Waals surface area contributed by atoms with Crippen LogP contribution < -0.4 is 21.3 Å². The van der Waals surface area contributed by atoms with Crippen LogP contribution in [0.15, 0.2) is 72.8 Å². The summed E-state index contributed by atoms with van der Waals surface area (Å²) in [6.45, 7) is 14.1. The zero-order chi connectivity index (χ0) is 75.7. The summed E-state index contributed by atoms with van der Waals surface area (Å²) in [5.41, 5.74) is -1.48. The molecule has 3 aromatic carbocycles. The van der Waals surface area contributed by atoms with Crippen LogP contribution in [0, 0.1) is 28.2 Å². The highest BCUT2D eigenvalue weighted by Gasteiger charge is 2.45. The molecule has 0 bridgehead atoms. The van der Waals surface area contributed by atoms with Gasteiger partial charge in [-0.3, -0.25) is 57.5 Å². The molecule has 2 aliphatic rings. The minimum absolute atomic E-state index is 0.0386. The maximum Gasteiger partial charge on any atom is 0.416 e. The predicted octanol–water partition coefficient (Wildman–Crippen LogP) is 5.23. The first-order valence-electron chi connectivity index (χ1n) is 34.4. The highest BCUT2D eigenvalue weighted by atomic mass is 127. The number of alkyl halides is 3. The summed E-state index contributed by atoms with van der Waals surface area (Å²) < 4.78 is 45.3. The quantitative estimate of drug-likeness (QED) is 0.160. The molecule has 0 saturated carbocycles. The molecule has 2 aliphatic heterocycles. The van der Waals surface area contributed by atoms with Gasteiger partial charge in [-0.05, 0) is 128 Å². The van der Waals surface area contributed by atoms with E-state index in [4.69, 9.17) is 0 Å². The molecule has 0 radical (unpaired) electrons. The minimum atomic E-state index is -4.94. The number of hydrogen-bond donors (Lipinski definition) is 4. The second-order valence-corrected chi connectivity index (χ2v) is 29.7. The lowest BCUT2D eigenvalue weighted by molar-refractivity contribution is -0.152. The molecule has 0 aliphatic carbocycles. The van der Waals surface area contributed by atoms with Gasteiger partial charge in [0.15, 0.2) is 0 Å². The van der Waals surface area contributed by atoms with Crippen LogP contribution in [0.1, 0.15) is 128 Å². The molecule has 0 aromatic heterocycles. The third-order valence-electron chi connectivity index (χ3n) is 19.1. The van der Waals surface area contributed by atoms with Gasteiger partial charge in [-0.25, -0.2) is 0 Å². The molecule has 24 nitrogen and oxygen atoms in total. The number of rotatable bonds is 13. The van der Waals surface area contributed by atoms with E-state index in [-0.39, 0.29) is 37.5 Å². The van der Waals surface area contributed by atoms with E-state index in [1.165, 1.54) is 74.1 Å². The molecule has 556 valence electrons. The van der Waals surface area contributed by atoms with Crippen LogP contribution in [0.5, 0.6) is 0 Å². The number of hydrogen-bond acceptors (Lipinski definition) is 12. The Morgan fingerprint density at radius 1 is 0.574 bits per heavy atom. The van der Waals surface area contributed by atoms with Crippen LogP contribution in [0.2, 0.25) is 0 Å². The van der Waals surface area contributed by atoms with Crippen molar-refractivity contribution in [3.8, 4) is 0 Å². The molecule has 5 rings (SSSR count). The Morgan fingerprint density at radius 3 is 1.76 bits per heavy atom. The van der Waals surface area contributed by atoms with E-state index in [1.54, 1.807) is 62.1 Å². The lowest BCUT2D eigenvalue weighted by atomic mass is 9.94. The molecule has 0 spiro atoms. The summed E-state index contributed by atoms with van der Waals surface area (Å²) in [5.74, 6) is -10.6. The number of aryl methyl sites for hydroxylation is 1. The summed E-state index contributed by atoms with van der Waals surface area (Å²) in [4.78, 5) is 187. The Bertz CT molecular complexity index is 3460. The number of carbonyl (C=O) groups is 12. The average molecular weight is 1530 g/mol. The van der Waals surface area contributed by atoms with Gasteiger partial charge >= 0.3 is 6.18 Å². The Morgan fingerprint density at radius 2 is 1.17 bits per heavy atom. The summed E-state index contributed by atoms with van der Waals surface area (Å²) in [6, 6.07) is 8.27. The second kappa shape index (κ2) is 37.1. The van der Waals surface area contributed by atoms with Crippen molar-refractivity contribution >= 4 is 93.5 Å². The number of nitrogens with zero attached hydrogens (tertiary/aromatic N) is 8. The molecule has 1 unspecified atom stereocenters. The zero-order valence-corrected chi connectivity index (χ0v) is 63.5. The monoisotopic (exact) mass is 1520 g/mol. The molecule has 2 fully saturated rings. The standard InChI is InChI=1S/C73H104F3IN12O12/c1-17-47(7)63-70(100)84(12)42-61(92)82(10)43-62(93)86(14)57(38-48-30-28-46(6)29-31-48)68(98)83(11)41-59(90)78-53(37-49-24-23-26-51(77)36-49)64(94)79-55(39-50-25-19-20-27-52(50)73(74,75)76)67(97)88(16)72(8,9)71(101)80-54(34-44(2)3)66(96)87(15)58(69(99)89-32-21-18-22-33-89)40-60(91)85(13)56(35-45(4)5)65(95)81-63/h19-20,23-31,36,44-45,47,53-58,63H,17-18,21-22,32-35,37-43H2,1-16H3,(H,78,90)(H,79,94)(H,80,101)(H,81,95)/t47-,53-,54-,55-,56-,57-,58?,63-/m0/s1. The van der Waals surface area contributed by atoms with Gasteiger partial charge in [0, 0.05) is 85.3 Å². The van der Waals surface area contributed by atoms with Crippen LogP contribution in [-0.2, 0) is 83.0 Å². The normalized spacial score (nSPS) is 23.3. The molecule has 2 heterocycles. The first-order valence-corrected chi connectivity index (χ1v) is 35.5. The smallest absolute Gasteiger partial charge is 0.342 e. The molecule has 12 amide bonds. The highest BCUT2D eigenvalue weighted by Crippen LogP contribution is 2.33. The first-order chi connectivity index (χ1) is 47.2. The van der Waals surface area contributed by atoms with E-state index in [1.807, 2.05) is 39.8 Å². The summed E-state index contributed by atoms with van der Waals surface area (Å²) in [5, 5.41) is 10.9. The van der Waals surface area contributed by atoms with Crippen molar-refractivity contribution in [2.45, 2.75) is 181 Å². The van der Waals surface area contributed by atoms with Crippen molar-refractivity contribution in [2.24, 2.45) is 17.8 Å². The number of likely N-dealkylation sites (N-methyl/N-ethyl adjacent to an activating group) is 7. The van der Waals surface area contributed by atoms with E-state index < -0.39 is 174 Å². The van der Waals surface area contributed by atoms with Crippen LogP contribution in [0.4, 0.5) is 13.2 Å². The van der Waals surface area contributed by atoms with Gasteiger partial charge in [0.25, 0.3) is 0 Å². The second-order valence-electron chi connectivity index (χ2n) is 28.4. The van der Waals surface area contributed by atoms with Crippen LogP contribution >= 0.6 is 22.6 Å². The van der Waals surface area contributed by atoms with E-state index in [2.05, 4.69) is 43.9 Å². The van der Waals surface area contributed by atoms with E-state index in [0.717, 1.165) is 63.2 Å². The lowest BCUT2D eigenvalue weighted by Gasteiger charge is -2.39. The van der Waals surface area contributed by atoms with Gasteiger partial charge in [0.2, 0.25) is 70.9 Å². The number of carbonyl (C=O) groups excluding carboxylic acids is 12. The molecule has 3 aromatic rings. The van der Waals surface area contributed by atoms with Gasteiger partial charge in [-0.2, -0.15) is 13.2 Å². The number of amides is 12. The van der Waals surface area contributed by atoms with Gasteiger partial charge in [0.1, 0.15) is 47.8 Å². The Labute approximate surface area is 606 Å². The largest absolute Gasteiger partial charge is 0.416 e. The number of benzene rings is 3. The summed E-state index contributed by atoms with van der Waals surface area (Å²) >= 11 is 2.05. The van der Waals surface area contributed by atoms with Crippen molar-refractivity contribution in [3.63, 3.8) is 0 Å². The molecule has 28 heteroatoms. The maximum absolute atomic E-state index is 15.3. The fourth-order valence-corrected chi connectivity index (χ4v) is 12.8. The number of likely N-dealkylation sites (tertiary alicyclic amines) is 1. The van der Waals surface area contributed by atoms with Gasteiger partial charge in [-0.15, -0.1) is 0 Å². The van der Waals surface area contributed by atoms with Crippen LogP contribution in [0.25, 0.3) is 0 Å². The Kier molecular flexibility index (Phi) is 30.7. The third-order valence-corrected chi connectivity index (χ3v) is 19.8. The molecule has 8 atom stereocenters. The van der Waals surface area contributed by atoms with Crippen molar-refractivity contribution in [1.29, 1.82) is 0 Å². The minimum Gasteiger partial charge on any atom is -0.342 e. The lowest BCUT2D eigenvalue weighted by Crippen LogP contribution is -2.64. The number of nitrogens with one attached hydrogen (secondary N) is 4. The molecular formula is C73H104F3IN12O12. The number of halogens is 4. The van der Waals surface area contributed by atoms with Gasteiger partial charge in [-0.1, -0.05) is 108 Å². The SMILES string of the molecule is CC[C@H](C)[C@@H]1NC(=O)[C@H](CC(C)C)N(C)C(=O)CC(C(=O)N2CCCCC2)N(C)C(=O)[C@H](CC(C)C)NC(=O)C(C)(C)N(C)C(=O)[C@H](Cc2ccccc2C(F)(F)F)NC(=O)[C@H](Cc2cccc(I)c2)NC(=O)CN(C)C(=O)[C@H](Cc2ccc(C)cc2)N(C)C(=O)CN(C)C(=O)CN(C)C1=O. The maximum atomic E-state index is 15.3. The fourth-order valence-electron chi connectivity index (χ4n) is 12.2. The van der Waals surface area contributed by atoms with E-state index in [9.17, 15) is 51.5 Å². The molecular weight excluding hydrogens is 1420 g/mol. The van der Waals surface area contributed by atoms with Crippen LogP contribution in [-0.4, -0.2) is 240 Å². The summed E-state index contributed by atoms with van der Waals surface area (Å²) in [7, 11) is 9.29. The number of piperidine rings is 1. The molecule has 4 N–H and O–H groups in total. The zero-order valence-electron chi connectivity index (χ0n) is 61.3. The highest BCUT2D eigenvalue weighted by molar-refractivity contribution is 14.1. The van der Waals surface area contributed by atoms with Gasteiger partial charge < -0.3 is 60.5 Å². The van der Waals surface area contributed by atoms with Crippen molar-refractivity contribution in [2.75, 3.05) is 82.1 Å². The Balaban J connectivity index is 1.68. The third kappa shape index (κ3) is 23.2. The first kappa shape index (κ1) is 83.5. The fraction of sp³-hybridized carbons (Fsp3) is 0.589. The van der Waals surface area contributed by atoms with E-state index >= 15 is 19.2 Å². The topological polar surface area (TPSA) is 279 Å². The Hall–Kier alpha value is -8.18. The van der Waals surface area contributed by atoms with Crippen molar-refractivity contribution < 1.29 is 70.7 Å².